The molecule has 0 bridgehead atoms. The zero-order valence-corrected chi connectivity index (χ0v) is 53.5. The molecule has 0 radical (unpaired) electrons. The van der Waals surface area contributed by atoms with Crippen LogP contribution in [0.4, 0.5) is 0 Å². The number of esters is 3. The summed E-state index contributed by atoms with van der Waals surface area (Å²) in [6.45, 7) is 6.43. The largest absolute Gasteiger partial charge is 0.462 e. The lowest BCUT2D eigenvalue weighted by Crippen LogP contribution is -2.30. The maximum Gasteiger partial charge on any atom is 0.306 e. The molecule has 0 aromatic carbocycles. The maximum absolute atomic E-state index is 12.8. The first-order valence-corrected chi connectivity index (χ1v) is 34.2. The molecular weight excluding hydrogens is 1010 g/mol. The molecule has 0 rings (SSSR count). The minimum absolute atomic E-state index is 0.0972. The van der Waals surface area contributed by atoms with E-state index in [9.17, 15) is 14.4 Å². The van der Waals surface area contributed by atoms with E-state index in [1.165, 1.54) is 148 Å². The number of hydrogen-bond donors (Lipinski definition) is 0. The van der Waals surface area contributed by atoms with E-state index in [4.69, 9.17) is 14.2 Å². The first kappa shape index (κ1) is 77.5. The highest BCUT2D eigenvalue weighted by Crippen LogP contribution is 2.16. The Labute approximate surface area is 506 Å². The molecule has 0 aromatic heterocycles. The molecule has 0 aliphatic rings. The molecule has 1 atom stereocenters. The fourth-order valence-corrected chi connectivity index (χ4v) is 9.29. The van der Waals surface area contributed by atoms with Gasteiger partial charge in [0.2, 0.25) is 0 Å². The zero-order valence-electron chi connectivity index (χ0n) is 53.5. The van der Waals surface area contributed by atoms with Crippen LogP contribution in [0.1, 0.15) is 310 Å². The van der Waals surface area contributed by atoms with E-state index in [1.807, 2.05) is 0 Å². The predicted octanol–water partition coefficient (Wildman–Crippen LogP) is 23.7. The van der Waals surface area contributed by atoms with E-state index in [0.717, 1.165) is 116 Å². The van der Waals surface area contributed by atoms with Crippen LogP contribution in [0.15, 0.2) is 134 Å². The van der Waals surface area contributed by atoms with Gasteiger partial charge in [0.15, 0.2) is 6.10 Å². The molecule has 0 aromatic rings. The first-order chi connectivity index (χ1) is 40.5. The molecule has 0 aliphatic carbocycles. The van der Waals surface area contributed by atoms with Gasteiger partial charge >= 0.3 is 17.9 Å². The summed E-state index contributed by atoms with van der Waals surface area (Å²) in [4.78, 5) is 38.1. The molecule has 0 fully saturated rings. The molecule has 0 N–H and O–H groups in total. The summed E-state index contributed by atoms with van der Waals surface area (Å²) in [5.74, 6) is -0.948. The Morgan fingerprint density at radius 2 is 0.476 bits per heavy atom. The summed E-state index contributed by atoms with van der Waals surface area (Å²) in [5, 5.41) is 0. The molecule has 1 unspecified atom stereocenters. The Balaban J connectivity index is 4.14. The van der Waals surface area contributed by atoms with Crippen molar-refractivity contribution in [2.75, 3.05) is 13.2 Å². The van der Waals surface area contributed by atoms with Gasteiger partial charge in [-0.3, -0.25) is 14.4 Å². The second kappa shape index (κ2) is 69.0. The molecule has 0 spiro atoms. The van der Waals surface area contributed by atoms with Gasteiger partial charge in [-0.1, -0.05) is 302 Å². The fourth-order valence-electron chi connectivity index (χ4n) is 9.29. The summed E-state index contributed by atoms with van der Waals surface area (Å²) in [6.07, 6.45) is 98.0. The minimum atomic E-state index is -0.803. The van der Waals surface area contributed by atoms with Crippen molar-refractivity contribution in [1.29, 1.82) is 0 Å². The number of carbonyl (C=O) groups is 3. The molecule has 0 saturated carbocycles. The number of unbranched alkanes of at least 4 members (excludes halogenated alkanes) is 28. The smallest absolute Gasteiger partial charge is 0.306 e. The summed E-state index contributed by atoms with van der Waals surface area (Å²) in [5.41, 5.74) is 0. The average molecular weight is 1140 g/mol. The topological polar surface area (TPSA) is 78.9 Å². The lowest BCUT2D eigenvalue weighted by Gasteiger charge is -2.18. The van der Waals surface area contributed by atoms with E-state index in [1.54, 1.807) is 0 Å². The Kier molecular flexibility index (Phi) is 65.3. The Morgan fingerprint density at radius 1 is 0.256 bits per heavy atom. The lowest BCUT2D eigenvalue weighted by molar-refractivity contribution is -0.167. The highest BCUT2D eigenvalue weighted by Gasteiger charge is 2.19. The van der Waals surface area contributed by atoms with Gasteiger partial charge in [-0.25, -0.2) is 0 Å². The van der Waals surface area contributed by atoms with Gasteiger partial charge in [0.1, 0.15) is 13.2 Å². The van der Waals surface area contributed by atoms with Crippen LogP contribution >= 0.6 is 0 Å². The van der Waals surface area contributed by atoms with Crippen LogP contribution in [0.5, 0.6) is 0 Å². The van der Waals surface area contributed by atoms with Gasteiger partial charge in [-0.05, 0) is 122 Å². The van der Waals surface area contributed by atoms with Gasteiger partial charge in [-0.15, -0.1) is 0 Å². The Bertz CT molecular complexity index is 1730. The number of ether oxygens (including phenoxy) is 3. The van der Waals surface area contributed by atoms with Crippen molar-refractivity contribution in [3.63, 3.8) is 0 Å². The molecule has 0 heterocycles. The van der Waals surface area contributed by atoms with Crippen molar-refractivity contribution in [3.05, 3.63) is 134 Å². The third-order valence-corrected chi connectivity index (χ3v) is 14.4. The van der Waals surface area contributed by atoms with Crippen molar-refractivity contribution >= 4 is 17.9 Å². The van der Waals surface area contributed by atoms with Crippen molar-refractivity contribution in [3.8, 4) is 0 Å². The minimum Gasteiger partial charge on any atom is -0.462 e. The van der Waals surface area contributed by atoms with E-state index in [2.05, 4.69) is 154 Å². The molecular formula is C76H126O6. The highest BCUT2D eigenvalue weighted by atomic mass is 16.6. The molecule has 0 amide bonds. The van der Waals surface area contributed by atoms with E-state index >= 15 is 0 Å². The SMILES string of the molecule is CC/C=C\C/C=C\C/C=C\C/C=C\C/C=C\C/C=C\C/C=C\C/C=C\CCCCC(=O)OC(COC(=O)CCCCCCCC)COC(=O)CCCCCCCCCCCCCCCCCC/C=C\C/C=C\C/C=C\CCCCCCC. The number of carbonyl (C=O) groups excluding carboxylic acids is 3. The van der Waals surface area contributed by atoms with Crippen LogP contribution in [-0.4, -0.2) is 37.2 Å². The molecule has 466 valence electrons. The monoisotopic (exact) mass is 1130 g/mol. The van der Waals surface area contributed by atoms with Gasteiger partial charge in [0.05, 0.1) is 0 Å². The number of hydrogen-bond acceptors (Lipinski definition) is 6. The normalized spacial score (nSPS) is 13.0. The van der Waals surface area contributed by atoms with Crippen LogP contribution in [0.3, 0.4) is 0 Å². The van der Waals surface area contributed by atoms with Crippen molar-refractivity contribution in [2.45, 2.75) is 316 Å². The number of allylic oxidation sites excluding steroid dienone is 22. The third-order valence-electron chi connectivity index (χ3n) is 14.4. The Morgan fingerprint density at radius 3 is 0.768 bits per heavy atom. The first-order valence-electron chi connectivity index (χ1n) is 34.2. The van der Waals surface area contributed by atoms with Gasteiger partial charge in [-0.2, -0.15) is 0 Å². The van der Waals surface area contributed by atoms with E-state index < -0.39 is 6.10 Å². The Hall–Kier alpha value is -4.45. The van der Waals surface area contributed by atoms with Crippen molar-refractivity contribution in [1.82, 2.24) is 0 Å². The van der Waals surface area contributed by atoms with Crippen LogP contribution < -0.4 is 0 Å². The van der Waals surface area contributed by atoms with Crippen LogP contribution in [0.25, 0.3) is 0 Å². The van der Waals surface area contributed by atoms with E-state index in [-0.39, 0.29) is 37.5 Å². The van der Waals surface area contributed by atoms with Gasteiger partial charge in [0.25, 0.3) is 0 Å². The third kappa shape index (κ3) is 66.4. The molecule has 0 saturated heterocycles. The van der Waals surface area contributed by atoms with E-state index in [0.29, 0.717) is 19.3 Å². The second-order valence-electron chi connectivity index (χ2n) is 22.4. The summed E-state index contributed by atoms with van der Waals surface area (Å²) in [6, 6.07) is 0. The second-order valence-corrected chi connectivity index (χ2v) is 22.4. The summed E-state index contributed by atoms with van der Waals surface area (Å²) >= 11 is 0. The molecule has 82 heavy (non-hydrogen) atoms. The predicted molar refractivity (Wildman–Crippen MR) is 357 cm³/mol. The number of rotatable bonds is 61. The maximum atomic E-state index is 12.8. The van der Waals surface area contributed by atoms with Crippen molar-refractivity contribution < 1.29 is 28.6 Å². The van der Waals surface area contributed by atoms with Crippen LogP contribution in [-0.2, 0) is 28.6 Å². The molecule has 6 nitrogen and oxygen atoms in total. The van der Waals surface area contributed by atoms with Gasteiger partial charge < -0.3 is 14.2 Å². The summed E-state index contributed by atoms with van der Waals surface area (Å²) < 4.78 is 16.8. The zero-order chi connectivity index (χ0) is 59.2. The van der Waals surface area contributed by atoms with Crippen molar-refractivity contribution in [2.24, 2.45) is 0 Å². The quantitative estimate of drug-likeness (QED) is 0.0261. The van der Waals surface area contributed by atoms with Gasteiger partial charge in [0, 0.05) is 19.3 Å². The highest BCUT2D eigenvalue weighted by molar-refractivity contribution is 5.71. The van der Waals surface area contributed by atoms with Crippen LogP contribution in [0, 0.1) is 0 Å². The van der Waals surface area contributed by atoms with Crippen LogP contribution in [0.2, 0.25) is 0 Å². The summed E-state index contributed by atoms with van der Waals surface area (Å²) in [7, 11) is 0. The standard InChI is InChI=1S/C76H126O6/c1-4-7-10-13-16-18-20-22-24-26-28-30-32-34-36-37-38-39-41-42-44-46-48-50-52-54-56-58-60-63-66-69-75(78)81-72-73(71-80-74(77)68-65-62-15-12-9-6-3)82-76(79)70-67-64-61-59-57-55-53-51-49-47-45-43-40-35-33-31-29-27-25-23-21-19-17-14-11-8-5-2/h8,11,17,19-20,22-23,25-26,28-29,31-32,34-35,40,45,47,51,53,57,59,73H,4-7,9-10,12-16,18,21,24,27,30,33,36-39,41-44,46,48-50,52,54-56,58,60-72H2,1-3H3/b11-8-,19-17-,22-20-,25-23-,28-26-,31-29-,34-32-,40-35-,47-45-,53-51-,59-57-. The lowest BCUT2D eigenvalue weighted by atomic mass is 10.0. The molecule has 0 aliphatic heterocycles. The average Bonchev–Trinajstić information content (AvgIpc) is 3.47. The fraction of sp³-hybridized carbons (Fsp3) is 0.671. The molecule has 6 heteroatoms.